The maximum atomic E-state index is 12.6. The minimum Gasteiger partial charge on any atom is -0.350 e. The van der Waals surface area contributed by atoms with Crippen molar-refractivity contribution in [1.82, 2.24) is 0 Å². The Morgan fingerprint density at radius 3 is 2.04 bits per heavy atom. The Hall–Kier alpha value is -1.28. The first kappa shape index (κ1) is 17.5. The van der Waals surface area contributed by atoms with E-state index in [-0.39, 0.29) is 10.7 Å². The maximum absolute atomic E-state index is 12.6. The average Bonchev–Trinajstić information content (AvgIpc) is 2.71. The number of anilines is 2. The second-order valence-electron chi connectivity index (χ2n) is 4.89. The van der Waals surface area contributed by atoms with Crippen LogP contribution in [0.5, 0.6) is 0 Å². The van der Waals surface area contributed by atoms with Gasteiger partial charge in [0.05, 0.1) is 5.69 Å². The standard InChI is InChI=1S/C16H8Cl3IN2O2/c17-8-5-9(18)7-11(6-8)21-14-13(19)15(23)22(16(14)24)12-3-1-10(20)2-4-12/h1-7,21H. The van der Waals surface area contributed by atoms with Crippen molar-refractivity contribution in [2.75, 3.05) is 10.2 Å². The van der Waals surface area contributed by atoms with Gasteiger partial charge in [-0.3, -0.25) is 9.59 Å². The molecule has 2 aromatic rings. The average molecular weight is 494 g/mol. The summed E-state index contributed by atoms with van der Waals surface area (Å²) in [6, 6.07) is 11.7. The van der Waals surface area contributed by atoms with Gasteiger partial charge in [-0.1, -0.05) is 34.8 Å². The number of amides is 2. The third-order valence-corrected chi connectivity index (χ3v) is 4.75. The quantitative estimate of drug-likeness (QED) is 0.482. The number of hydrogen-bond donors (Lipinski definition) is 1. The van der Waals surface area contributed by atoms with Gasteiger partial charge in [0, 0.05) is 19.3 Å². The molecule has 8 heteroatoms. The minimum absolute atomic E-state index is 0.0152. The van der Waals surface area contributed by atoms with E-state index in [4.69, 9.17) is 34.8 Å². The Labute approximate surface area is 166 Å². The van der Waals surface area contributed by atoms with E-state index in [0.717, 1.165) is 8.47 Å². The van der Waals surface area contributed by atoms with Crippen molar-refractivity contribution in [3.8, 4) is 0 Å². The molecule has 0 radical (unpaired) electrons. The van der Waals surface area contributed by atoms with Crippen LogP contribution in [0.4, 0.5) is 11.4 Å². The summed E-state index contributed by atoms with van der Waals surface area (Å²) in [5.74, 6) is -1.12. The van der Waals surface area contributed by atoms with Gasteiger partial charge in [-0.15, -0.1) is 0 Å². The molecule has 1 heterocycles. The van der Waals surface area contributed by atoms with E-state index in [2.05, 4.69) is 27.9 Å². The lowest BCUT2D eigenvalue weighted by atomic mass is 10.3. The second-order valence-corrected chi connectivity index (χ2v) is 7.39. The summed E-state index contributed by atoms with van der Waals surface area (Å²) in [7, 11) is 0. The van der Waals surface area contributed by atoms with E-state index in [1.807, 2.05) is 0 Å². The SMILES string of the molecule is O=C1C(Cl)=C(Nc2cc(Cl)cc(Cl)c2)C(=O)N1c1ccc(I)cc1. The zero-order chi connectivity index (χ0) is 17.4. The number of carbonyl (C=O) groups is 2. The van der Waals surface area contributed by atoms with Crippen LogP contribution < -0.4 is 10.2 Å². The molecule has 2 amide bonds. The fourth-order valence-corrected chi connectivity index (χ4v) is 3.30. The third-order valence-electron chi connectivity index (χ3n) is 3.24. The molecule has 0 bridgehead atoms. The molecule has 0 spiro atoms. The first-order valence-corrected chi connectivity index (χ1v) is 8.85. The summed E-state index contributed by atoms with van der Waals surface area (Å²) in [6.45, 7) is 0. The number of halogens is 4. The number of nitrogens with zero attached hydrogens (tertiary/aromatic N) is 1. The molecule has 0 saturated carbocycles. The van der Waals surface area contributed by atoms with Crippen LogP contribution in [0.15, 0.2) is 53.2 Å². The highest BCUT2D eigenvalue weighted by Crippen LogP contribution is 2.31. The van der Waals surface area contributed by atoms with Crippen molar-refractivity contribution in [2.45, 2.75) is 0 Å². The lowest BCUT2D eigenvalue weighted by molar-refractivity contribution is -0.120. The topological polar surface area (TPSA) is 49.4 Å². The molecule has 122 valence electrons. The predicted octanol–water partition coefficient (Wildman–Crippen LogP) is 5.03. The number of hydrogen-bond acceptors (Lipinski definition) is 3. The monoisotopic (exact) mass is 492 g/mol. The van der Waals surface area contributed by atoms with Crippen molar-refractivity contribution in [3.63, 3.8) is 0 Å². The van der Waals surface area contributed by atoms with E-state index in [1.165, 1.54) is 0 Å². The number of rotatable bonds is 3. The van der Waals surface area contributed by atoms with Crippen molar-refractivity contribution >= 4 is 80.6 Å². The fourth-order valence-electron chi connectivity index (χ4n) is 2.21. The summed E-state index contributed by atoms with van der Waals surface area (Å²) in [5, 5.41) is 3.44. The molecule has 0 fully saturated rings. The van der Waals surface area contributed by atoms with Crippen LogP contribution in [0.25, 0.3) is 0 Å². The Bertz CT molecular complexity index is 861. The molecule has 1 N–H and O–H groups in total. The zero-order valence-electron chi connectivity index (χ0n) is 11.8. The normalized spacial score (nSPS) is 14.6. The van der Waals surface area contributed by atoms with Crippen LogP contribution >= 0.6 is 57.4 Å². The van der Waals surface area contributed by atoms with Crippen LogP contribution in [0.2, 0.25) is 10.0 Å². The van der Waals surface area contributed by atoms with Crippen molar-refractivity contribution in [2.24, 2.45) is 0 Å². The molecule has 0 atom stereocenters. The molecule has 0 saturated heterocycles. The molecular formula is C16H8Cl3IN2O2. The van der Waals surface area contributed by atoms with E-state index in [1.54, 1.807) is 42.5 Å². The van der Waals surface area contributed by atoms with Gasteiger partial charge >= 0.3 is 0 Å². The molecule has 0 aliphatic carbocycles. The fraction of sp³-hybridized carbons (Fsp3) is 0. The van der Waals surface area contributed by atoms with Crippen LogP contribution in [0.3, 0.4) is 0 Å². The minimum atomic E-state index is -0.585. The molecule has 2 aromatic carbocycles. The molecule has 3 rings (SSSR count). The number of benzene rings is 2. The highest BCUT2D eigenvalue weighted by Gasteiger charge is 2.38. The number of carbonyl (C=O) groups excluding carboxylic acids is 2. The lowest BCUT2D eigenvalue weighted by Gasteiger charge is -2.15. The Morgan fingerprint density at radius 1 is 0.875 bits per heavy atom. The van der Waals surface area contributed by atoms with E-state index >= 15 is 0 Å². The summed E-state index contributed by atoms with van der Waals surface area (Å²) < 4.78 is 0.987. The smallest absolute Gasteiger partial charge is 0.283 e. The van der Waals surface area contributed by atoms with Gasteiger partial charge in [0.2, 0.25) is 0 Å². The molecule has 1 aliphatic heterocycles. The predicted molar refractivity (Wildman–Crippen MR) is 105 cm³/mol. The first-order chi connectivity index (χ1) is 11.4. The van der Waals surface area contributed by atoms with Crippen LogP contribution in [-0.2, 0) is 9.59 Å². The summed E-state index contributed by atoms with van der Waals surface area (Å²) in [6.07, 6.45) is 0. The lowest BCUT2D eigenvalue weighted by Crippen LogP contribution is -2.32. The zero-order valence-corrected chi connectivity index (χ0v) is 16.2. The number of nitrogens with one attached hydrogen (secondary N) is 1. The van der Waals surface area contributed by atoms with Gasteiger partial charge < -0.3 is 5.32 Å². The Morgan fingerprint density at radius 2 is 1.46 bits per heavy atom. The molecule has 24 heavy (non-hydrogen) atoms. The molecule has 4 nitrogen and oxygen atoms in total. The Balaban J connectivity index is 1.93. The highest BCUT2D eigenvalue weighted by atomic mass is 127. The van der Waals surface area contributed by atoms with Crippen LogP contribution in [0.1, 0.15) is 0 Å². The first-order valence-electron chi connectivity index (χ1n) is 6.64. The van der Waals surface area contributed by atoms with E-state index in [0.29, 0.717) is 21.4 Å². The van der Waals surface area contributed by atoms with E-state index in [9.17, 15) is 9.59 Å². The van der Waals surface area contributed by atoms with Crippen LogP contribution in [-0.4, -0.2) is 11.8 Å². The summed E-state index contributed by atoms with van der Waals surface area (Å²) in [5.41, 5.74) is 0.898. The van der Waals surface area contributed by atoms with Gasteiger partial charge in [0.15, 0.2) is 0 Å². The van der Waals surface area contributed by atoms with Crippen molar-refractivity contribution in [3.05, 3.63) is 66.8 Å². The van der Waals surface area contributed by atoms with Crippen molar-refractivity contribution < 1.29 is 9.59 Å². The summed E-state index contributed by atoms with van der Waals surface area (Å²) >= 11 is 20.1. The van der Waals surface area contributed by atoms with Gasteiger partial charge in [-0.25, -0.2) is 4.90 Å². The van der Waals surface area contributed by atoms with Gasteiger partial charge in [-0.2, -0.15) is 0 Å². The second kappa shape index (κ2) is 6.92. The Kier molecular flexibility index (Phi) is 5.05. The van der Waals surface area contributed by atoms with Gasteiger partial charge in [-0.05, 0) is 65.1 Å². The summed E-state index contributed by atoms with van der Waals surface area (Å²) in [4.78, 5) is 26.0. The van der Waals surface area contributed by atoms with E-state index < -0.39 is 11.8 Å². The molecule has 0 unspecified atom stereocenters. The third kappa shape index (κ3) is 3.39. The largest absolute Gasteiger partial charge is 0.350 e. The number of imide groups is 1. The van der Waals surface area contributed by atoms with Crippen LogP contribution in [0, 0.1) is 3.57 Å². The molecule has 1 aliphatic rings. The van der Waals surface area contributed by atoms with Gasteiger partial charge in [0.1, 0.15) is 10.7 Å². The molecule has 0 aromatic heterocycles. The van der Waals surface area contributed by atoms with Crippen molar-refractivity contribution in [1.29, 1.82) is 0 Å². The highest BCUT2D eigenvalue weighted by molar-refractivity contribution is 14.1. The van der Waals surface area contributed by atoms with Gasteiger partial charge in [0.25, 0.3) is 11.8 Å². The molecular weight excluding hydrogens is 485 g/mol. The maximum Gasteiger partial charge on any atom is 0.283 e.